The number of rotatable bonds is 6. The van der Waals surface area contributed by atoms with Gasteiger partial charge in [0.2, 0.25) is 11.8 Å². The van der Waals surface area contributed by atoms with Gasteiger partial charge in [-0.05, 0) is 6.07 Å². The zero-order chi connectivity index (χ0) is 19.3. The summed E-state index contributed by atoms with van der Waals surface area (Å²) in [4.78, 5) is 35.9. The number of nitrogens with one attached hydrogen (secondary N) is 1. The minimum atomic E-state index is -1.26. The maximum Gasteiger partial charge on any atom is 0.319 e. The SMILES string of the molecule is COC(=O)[C@@H]1C(=O)NC(SCC(N)=O)=C(C#N)[C@@H]1c1ccccc1OC. The van der Waals surface area contributed by atoms with Crippen molar-refractivity contribution in [2.24, 2.45) is 11.7 Å². The molecule has 0 radical (unpaired) electrons. The molecule has 136 valence electrons. The third-order valence-electron chi connectivity index (χ3n) is 3.82. The van der Waals surface area contributed by atoms with E-state index >= 15 is 0 Å². The second-order valence-electron chi connectivity index (χ2n) is 5.32. The van der Waals surface area contributed by atoms with Crippen LogP contribution in [0, 0.1) is 17.2 Å². The number of esters is 1. The molecule has 0 fully saturated rings. The van der Waals surface area contributed by atoms with Gasteiger partial charge in [-0.1, -0.05) is 30.0 Å². The number of hydrogen-bond acceptors (Lipinski definition) is 7. The molecule has 0 saturated carbocycles. The number of nitrogens with zero attached hydrogens (tertiary/aromatic N) is 1. The van der Waals surface area contributed by atoms with E-state index in [-0.39, 0.29) is 16.4 Å². The molecular weight excluding hydrogens is 358 g/mol. The first-order chi connectivity index (χ1) is 12.4. The lowest BCUT2D eigenvalue weighted by molar-refractivity contribution is -0.150. The van der Waals surface area contributed by atoms with Gasteiger partial charge in [0.15, 0.2) is 0 Å². The zero-order valence-corrected chi connectivity index (χ0v) is 15.0. The quantitative estimate of drug-likeness (QED) is 0.551. The van der Waals surface area contributed by atoms with Crippen molar-refractivity contribution in [3.8, 4) is 11.8 Å². The summed E-state index contributed by atoms with van der Waals surface area (Å²) in [5.74, 6) is -3.87. The fourth-order valence-corrected chi connectivity index (χ4v) is 3.51. The highest BCUT2D eigenvalue weighted by atomic mass is 32.2. The lowest BCUT2D eigenvalue weighted by Crippen LogP contribution is -2.44. The molecule has 3 N–H and O–H groups in total. The summed E-state index contributed by atoms with van der Waals surface area (Å²) in [5.41, 5.74) is 5.78. The van der Waals surface area contributed by atoms with Crippen LogP contribution in [0.5, 0.6) is 5.75 Å². The fourth-order valence-electron chi connectivity index (χ4n) is 2.72. The van der Waals surface area contributed by atoms with Crippen molar-refractivity contribution in [1.29, 1.82) is 5.26 Å². The topological polar surface area (TPSA) is 132 Å². The van der Waals surface area contributed by atoms with Gasteiger partial charge in [-0.25, -0.2) is 0 Å². The molecule has 2 atom stereocenters. The molecule has 0 unspecified atom stereocenters. The maximum absolute atomic E-state index is 12.6. The lowest BCUT2D eigenvalue weighted by atomic mass is 9.78. The van der Waals surface area contributed by atoms with Gasteiger partial charge in [0, 0.05) is 11.5 Å². The van der Waals surface area contributed by atoms with Gasteiger partial charge in [-0.15, -0.1) is 0 Å². The number of nitriles is 1. The molecule has 1 heterocycles. The highest BCUT2D eigenvalue weighted by Crippen LogP contribution is 2.43. The summed E-state index contributed by atoms with van der Waals surface area (Å²) >= 11 is 0.933. The van der Waals surface area contributed by atoms with Gasteiger partial charge in [0.1, 0.15) is 11.7 Å². The highest BCUT2D eigenvalue weighted by molar-refractivity contribution is 8.03. The van der Waals surface area contributed by atoms with E-state index < -0.39 is 29.6 Å². The predicted molar refractivity (Wildman–Crippen MR) is 93.7 cm³/mol. The first-order valence-electron chi connectivity index (χ1n) is 7.51. The Morgan fingerprint density at radius 1 is 1.35 bits per heavy atom. The number of allylic oxidation sites excluding steroid dienone is 1. The van der Waals surface area contributed by atoms with Crippen LogP contribution in [0.2, 0.25) is 0 Å². The largest absolute Gasteiger partial charge is 0.496 e. The second-order valence-corrected chi connectivity index (χ2v) is 6.30. The molecule has 0 aliphatic carbocycles. The molecule has 8 nitrogen and oxygen atoms in total. The molecule has 9 heteroatoms. The van der Waals surface area contributed by atoms with Gasteiger partial charge >= 0.3 is 5.97 Å². The number of thioether (sulfide) groups is 1. The molecule has 1 aliphatic rings. The summed E-state index contributed by atoms with van der Waals surface area (Å²) in [6.07, 6.45) is 0. The van der Waals surface area contributed by atoms with Crippen LogP contribution in [0.3, 0.4) is 0 Å². The molecule has 1 aromatic rings. The molecule has 0 bridgehead atoms. The third kappa shape index (κ3) is 3.81. The number of nitrogens with two attached hydrogens (primary N) is 1. The summed E-state index contributed by atoms with van der Waals surface area (Å²) in [5, 5.41) is 12.4. The number of para-hydroxylation sites is 1. The number of amides is 2. The van der Waals surface area contributed by atoms with Crippen LogP contribution in [0.4, 0.5) is 0 Å². The molecule has 1 aliphatic heterocycles. The number of primary amides is 1. The van der Waals surface area contributed by atoms with Crippen molar-refractivity contribution < 1.29 is 23.9 Å². The minimum absolute atomic E-state index is 0.123. The number of hydrogen-bond donors (Lipinski definition) is 2. The number of ether oxygens (including phenoxy) is 2. The maximum atomic E-state index is 12.6. The Labute approximate surface area is 154 Å². The first-order valence-corrected chi connectivity index (χ1v) is 8.50. The normalized spacial score (nSPS) is 19.3. The van der Waals surface area contributed by atoms with Gasteiger partial charge in [0.25, 0.3) is 0 Å². The monoisotopic (exact) mass is 375 g/mol. The number of carbonyl (C=O) groups is 3. The fraction of sp³-hybridized carbons (Fsp3) is 0.294. The van der Waals surface area contributed by atoms with E-state index in [1.807, 2.05) is 6.07 Å². The van der Waals surface area contributed by atoms with Crippen LogP contribution in [0.1, 0.15) is 11.5 Å². The van der Waals surface area contributed by atoms with Crippen LogP contribution >= 0.6 is 11.8 Å². The molecular formula is C17H17N3O5S. The van der Waals surface area contributed by atoms with Gasteiger partial charge < -0.3 is 20.5 Å². The average Bonchev–Trinajstić information content (AvgIpc) is 2.64. The predicted octanol–water partition coefficient (Wildman–Crippen LogP) is 0.651. The first kappa shape index (κ1) is 19.3. The summed E-state index contributed by atoms with van der Waals surface area (Å²) in [6, 6.07) is 8.82. The molecule has 2 rings (SSSR count). The molecule has 0 aromatic heterocycles. The number of benzene rings is 1. The molecule has 0 spiro atoms. The van der Waals surface area contributed by atoms with E-state index in [4.69, 9.17) is 15.2 Å². The second kappa shape index (κ2) is 8.40. The summed E-state index contributed by atoms with van der Waals surface area (Å²) in [6.45, 7) is 0. The van der Waals surface area contributed by atoms with Crippen LogP contribution in [0.15, 0.2) is 34.9 Å². The van der Waals surface area contributed by atoms with Gasteiger partial charge in [-0.2, -0.15) is 5.26 Å². The van der Waals surface area contributed by atoms with E-state index in [1.54, 1.807) is 24.3 Å². The van der Waals surface area contributed by atoms with Crippen LogP contribution in [0.25, 0.3) is 0 Å². The van der Waals surface area contributed by atoms with E-state index in [0.717, 1.165) is 11.8 Å². The zero-order valence-electron chi connectivity index (χ0n) is 14.1. The minimum Gasteiger partial charge on any atom is -0.496 e. The number of methoxy groups -OCH3 is 2. The Bertz CT molecular complexity index is 815. The van der Waals surface area contributed by atoms with Crippen LogP contribution < -0.4 is 15.8 Å². The Morgan fingerprint density at radius 2 is 2.04 bits per heavy atom. The molecule has 2 amide bonds. The highest BCUT2D eigenvalue weighted by Gasteiger charge is 2.45. The lowest BCUT2D eigenvalue weighted by Gasteiger charge is -2.31. The van der Waals surface area contributed by atoms with Crippen molar-refractivity contribution in [3.05, 3.63) is 40.4 Å². The van der Waals surface area contributed by atoms with Crippen LogP contribution in [-0.2, 0) is 19.1 Å². The Hall–Kier alpha value is -2.99. The molecule has 26 heavy (non-hydrogen) atoms. The molecule has 1 aromatic carbocycles. The van der Waals surface area contributed by atoms with Crippen molar-refractivity contribution in [2.75, 3.05) is 20.0 Å². The van der Waals surface area contributed by atoms with Gasteiger partial charge in [-0.3, -0.25) is 14.4 Å². The van der Waals surface area contributed by atoms with Gasteiger partial charge in [0.05, 0.1) is 36.6 Å². The van der Waals surface area contributed by atoms with Crippen molar-refractivity contribution >= 4 is 29.5 Å². The van der Waals surface area contributed by atoms with E-state index in [0.29, 0.717) is 11.3 Å². The van der Waals surface area contributed by atoms with Crippen molar-refractivity contribution in [3.63, 3.8) is 0 Å². The standard InChI is InChI=1S/C17H17N3O5S/c1-24-11-6-4-3-5-9(11)13-10(7-18)16(26-8-12(19)21)20-15(22)14(13)17(23)25-2/h3-6,13-14H,8H2,1-2H3,(H2,19,21)(H,20,22)/t13-,14-/m0/s1. The third-order valence-corrected chi connectivity index (χ3v) is 4.86. The number of carbonyl (C=O) groups excluding carboxylic acids is 3. The van der Waals surface area contributed by atoms with E-state index in [9.17, 15) is 19.6 Å². The Balaban J connectivity index is 2.65. The van der Waals surface area contributed by atoms with Crippen molar-refractivity contribution in [1.82, 2.24) is 5.32 Å². The molecule has 0 saturated heterocycles. The van der Waals surface area contributed by atoms with E-state index in [1.165, 1.54) is 14.2 Å². The van der Waals surface area contributed by atoms with Crippen LogP contribution in [-0.4, -0.2) is 37.8 Å². The average molecular weight is 375 g/mol. The summed E-state index contributed by atoms with van der Waals surface area (Å²) in [7, 11) is 2.62. The van der Waals surface area contributed by atoms with E-state index in [2.05, 4.69) is 5.32 Å². The smallest absolute Gasteiger partial charge is 0.319 e. The Kier molecular flexibility index (Phi) is 6.25. The Morgan fingerprint density at radius 3 is 2.62 bits per heavy atom. The van der Waals surface area contributed by atoms with Crippen molar-refractivity contribution in [2.45, 2.75) is 5.92 Å². The summed E-state index contributed by atoms with van der Waals surface area (Å²) < 4.78 is 10.1.